The maximum Gasteiger partial charge on any atom is 0.332 e. The summed E-state index contributed by atoms with van der Waals surface area (Å²) in [4.78, 5) is 0. The molecule has 4 heteroatoms. The van der Waals surface area contributed by atoms with Crippen molar-refractivity contribution >= 4 is 0 Å². The molecule has 0 bridgehead atoms. The van der Waals surface area contributed by atoms with Gasteiger partial charge in [0.25, 0.3) is 0 Å². The van der Waals surface area contributed by atoms with E-state index in [1.165, 1.54) is 0 Å². The molecule has 64 valence electrons. The van der Waals surface area contributed by atoms with Crippen molar-refractivity contribution < 1.29 is 19.7 Å². The van der Waals surface area contributed by atoms with E-state index >= 15 is 0 Å². The highest BCUT2D eigenvalue weighted by atomic mass is 16.6. The van der Waals surface area contributed by atoms with Crippen LogP contribution in [0.2, 0.25) is 0 Å². The van der Waals surface area contributed by atoms with Gasteiger partial charge in [0.2, 0.25) is 0 Å². The molecule has 0 radical (unpaired) electrons. The molecule has 2 N–H and O–H groups in total. The minimum atomic E-state index is -0.474. The summed E-state index contributed by atoms with van der Waals surface area (Å²) in [6, 6.07) is 0. The lowest BCUT2D eigenvalue weighted by molar-refractivity contribution is 0.0845. The molecule has 0 saturated carbocycles. The second kappa shape index (κ2) is 5.50. The molecular formula is C7H12O4. The van der Waals surface area contributed by atoms with E-state index in [0.717, 1.165) is 0 Å². The van der Waals surface area contributed by atoms with Gasteiger partial charge in [-0.3, -0.25) is 0 Å². The second-order valence-corrected chi connectivity index (χ2v) is 1.60. The van der Waals surface area contributed by atoms with Gasteiger partial charge in [0, 0.05) is 0 Å². The van der Waals surface area contributed by atoms with Gasteiger partial charge in [0.15, 0.2) is 0 Å². The van der Waals surface area contributed by atoms with E-state index in [0.29, 0.717) is 13.2 Å². The zero-order chi connectivity index (χ0) is 8.69. The highest BCUT2D eigenvalue weighted by Gasteiger charge is 1.92. The van der Waals surface area contributed by atoms with Gasteiger partial charge in [-0.25, -0.2) is 0 Å². The van der Waals surface area contributed by atoms with Crippen LogP contribution in [0.15, 0.2) is 17.6 Å². The van der Waals surface area contributed by atoms with E-state index in [4.69, 9.17) is 10.2 Å². The van der Waals surface area contributed by atoms with Gasteiger partial charge in [-0.2, -0.15) is 0 Å². The van der Waals surface area contributed by atoms with Crippen LogP contribution in [0.1, 0.15) is 13.8 Å². The fraction of sp³-hybridized carbons (Fsp3) is 0.571. The first kappa shape index (κ1) is 9.72. The van der Waals surface area contributed by atoms with Crippen LogP contribution in [0.5, 0.6) is 0 Å². The van der Waals surface area contributed by atoms with Crippen LogP contribution in [0, 0.1) is 0 Å². The number of aliphatic hydroxyl groups excluding tert-OH is 2. The summed E-state index contributed by atoms with van der Waals surface area (Å²) in [5.41, 5.74) is 2.08. The lowest BCUT2D eigenvalue weighted by Crippen LogP contribution is -1.91. The van der Waals surface area contributed by atoms with E-state index in [2.05, 4.69) is 15.2 Å². The van der Waals surface area contributed by atoms with Crippen molar-refractivity contribution in [2.24, 2.45) is 0 Å². The minimum absolute atomic E-state index is 0.318. The lowest BCUT2D eigenvalue weighted by Gasteiger charge is -1.97. The van der Waals surface area contributed by atoms with E-state index in [1.54, 1.807) is 13.8 Å². The predicted octanol–water partition coefficient (Wildman–Crippen LogP) is 1.46. The molecule has 0 aromatic heterocycles. The van der Waals surface area contributed by atoms with Crippen molar-refractivity contribution in [2.45, 2.75) is 13.8 Å². The van der Waals surface area contributed by atoms with E-state index in [-0.39, 0.29) is 0 Å². The smallest absolute Gasteiger partial charge is 0.332 e. The highest BCUT2D eigenvalue weighted by molar-refractivity contribution is 4.84. The zero-order valence-corrected chi connectivity index (χ0v) is 6.63. The van der Waals surface area contributed by atoms with Crippen molar-refractivity contribution in [1.82, 2.24) is 0 Å². The number of aliphatic hydroxyl groups is 2. The molecule has 0 spiro atoms. The Morgan fingerprint density at radius 1 is 1.09 bits per heavy atom. The van der Waals surface area contributed by atoms with Gasteiger partial charge < -0.3 is 19.7 Å². The normalized spacial score (nSPS) is 8.18. The van der Waals surface area contributed by atoms with Gasteiger partial charge >= 0.3 is 11.9 Å². The summed E-state index contributed by atoms with van der Waals surface area (Å²) < 4.78 is 9.12. The van der Waals surface area contributed by atoms with Crippen molar-refractivity contribution in [2.75, 3.05) is 13.2 Å². The molecule has 0 saturated heterocycles. The summed E-state index contributed by atoms with van der Waals surface area (Å²) >= 11 is 0. The highest BCUT2D eigenvalue weighted by Crippen LogP contribution is 1.92. The molecule has 0 unspecified atom stereocenters. The first-order chi connectivity index (χ1) is 5.20. The van der Waals surface area contributed by atoms with Crippen molar-refractivity contribution in [1.29, 1.82) is 0 Å². The third-order valence-corrected chi connectivity index (χ3v) is 0.776. The van der Waals surface area contributed by atoms with Crippen molar-refractivity contribution in [3.8, 4) is 0 Å². The monoisotopic (exact) mass is 160 g/mol. The summed E-state index contributed by atoms with van der Waals surface area (Å²) in [6.07, 6.45) is 0. The molecule has 0 fully saturated rings. The zero-order valence-electron chi connectivity index (χ0n) is 6.63. The Kier molecular flexibility index (Phi) is 4.86. The Morgan fingerprint density at radius 3 is 1.73 bits per heavy atom. The Morgan fingerprint density at radius 2 is 1.45 bits per heavy atom. The first-order valence-corrected chi connectivity index (χ1v) is 3.35. The van der Waals surface area contributed by atoms with Gasteiger partial charge in [-0.15, -0.1) is 0 Å². The van der Waals surface area contributed by atoms with E-state index < -0.39 is 11.9 Å². The molecule has 0 rings (SSSR count). The van der Waals surface area contributed by atoms with Crippen molar-refractivity contribution in [3.05, 3.63) is 17.6 Å². The van der Waals surface area contributed by atoms with Gasteiger partial charge in [-0.05, 0) is 13.8 Å². The maximum atomic E-state index is 8.77. The fourth-order valence-corrected chi connectivity index (χ4v) is 0.437. The average Bonchev–Trinajstić information content (AvgIpc) is 1.87. The molecule has 11 heavy (non-hydrogen) atoms. The SMILES string of the molecule is CCOC(O)=C=C(O)OCC. The summed E-state index contributed by atoms with van der Waals surface area (Å²) in [6.45, 7) is 4.04. The van der Waals surface area contributed by atoms with Gasteiger partial charge in [-0.1, -0.05) is 0 Å². The maximum absolute atomic E-state index is 8.77. The molecule has 0 atom stereocenters. The van der Waals surface area contributed by atoms with Crippen molar-refractivity contribution in [3.63, 3.8) is 0 Å². The lowest BCUT2D eigenvalue weighted by atomic mass is 10.7. The Bertz CT molecular complexity index is 151. The first-order valence-electron chi connectivity index (χ1n) is 3.35. The average molecular weight is 160 g/mol. The molecule has 0 aliphatic rings. The number of hydrogen-bond donors (Lipinski definition) is 2. The van der Waals surface area contributed by atoms with Crippen LogP contribution in [0.3, 0.4) is 0 Å². The predicted molar refractivity (Wildman–Crippen MR) is 39.0 cm³/mol. The standard InChI is InChI=1S/C7H12O4/c1-3-10-6(8)5-7(9)11-4-2/h8-9H,3-4H2,1-2H3. The number of hydrogen-bond acceptors (Lipinski definition) is 4. The Labute approximate surface area is 65.4 Å². The quantitative estimate of drug-likeness (QED) is 0.482. The van der Waals surface area contributed by atoms with Crippen LogP contribution in [-0.2, 0) is 9.47 Å². The molecular weight excluding hydrogens is 148 g/mol. The summed E-state index contributed by atoms with van der Waals surface area (Å²) in [5.74, 6) is -0.947. The Balaban J connectivity index is 4.08. The molecule has 0 amide bonds. The van der Waals surface area contributed by atoms with Crippen LogP contribution >= 0.6 is 0 Å². The number of rotatable bonds is 4. The van der Waals surface area contributed by atoms with Crippen LogP contribution in [-0.4, -0.2) is 23.4 Å². The van der Waals surface area contributed by atoms with Crippen LogP contribution in [0.4, 0.5) is 0 Å². The fourth-order valence-electron chi connectivity index (χ4n) is 0.437. The third kappa shape index (κ3) is 5.18. The van der Waals surface area contributed by atoms with Gasteiger partial charge in [0.05, 0.1) is 18.9 Å². The van der Waals surface area contributed by atoms with E-state index in [9.17, 15) is 0 Å². The van der Waals surface area contributed by atoms with Crippen LogP contribution < -0.4 is 0 Å². The Hall–Kier alpha value is -1.28. The van der Waals surface area contributed by atoms with Crippen LogP contribution in [0.25, 0.3) is 0 Å². The van der Waals surface area contributed by atoms with Gasteiger partial charge in [0.1, 0.15) is 0 Å². The molecule has 0 heterocycles. The molecule has 0 aromatic carbocycles. The summed E-state index contributed by atoms with van der Waals surface area (Å²) in [7, 11) is 0. The minimum Gasteiger partial charge on any atom is -0.475 e. The third-order valence-electron chi connectivity index (χ3n) is 0.776. The molecule has 0 aromatic rings. The second-order valence-electron chi connectivity index (χ2n) is 1.60. The topological polar surface area (TPSA) is 58.9 Å². The summed E-state index contributed by atoms with van der Waals surface area (Å²) in [5, 5.41) is 17.5. The molecule has 0 aliphatic heterocycles. The molecule has 4 nitrogen and oxygen atoms in total. The van der Waals surface area contributed by atoms with E-state index in [1.807, 2.05) is 0 Å². The largest absolute Gasteiger partial charge is 0.475 e. The number of ether oxygens (including phenoxy) is 2. The molecule has 0 aliphatic carbocycles.